The van der Waals surface area contributed by atoms with E-state index in [-0.39, 0.29) is 19.6 Å². The van der Waals surface area contributed by atoms with Crippen LogP contribution in [0.25, 0.3) is 0 Å². The lowest BCUT2D eigenvalue weighted by Crippen LogP contribution is -2.37. The Kier molecular flexibility index (Phi) is 2.96. The zero-order chi connectivity index (χ0) is 9.68. The molecule has 1 heterocycles. The van der Waals surface area contributed by atoms with Crippen LogP contribution in [-0.2, 0) is 16.1 Å². The molecule has 7 heteroatoms. The molecule has 69 valence electrons. The van der Waals surface area contributed by atoms with Gasteiger partial charge >= 0.3 is 11.1 Å². The standard InChI is InChI=1S/C6H6N3O4/c10-4-13-2-1-9-3-7-8-5(11)6(9)12/h4H,1-2H2,(H,8,11). The van der Waals surface area contributed by atoms with Gasteiger partial charge in [-0.1, -0.05) is 0 Å². The molecule has 1 rings (SSSR count). The summed E-state index contributed by atoms with van der Waals surface area (Å²) in [6.45, 7) is 0.325. The highest BCUT2D eigenvalue weighted by Crippen LogP contribution is 1.74. The van der Waals surface area contributed by atoms with Crippen molar-refractivity contribution in [1.29, 1.82) is 0 Å². The minimum absolute atomic E-state index is 0.00500. The average molecular weight is 184 g/mol. The van der Waals surface area contributed by atoms with E-state index in [1.165, 1.54) is 0 Å². The number of carbonyl (C=O) groups excluding carboxylic acids is 1. The molecule has 0 amide bonds. The van der Waals surface area contributed by atoms with Crippen molar-refractivity contribution in [2.75, 3.05) is 6.61 Å². The molecule has 1 radical (unpaired) electrons. The topological polar surface area (TPSA) is 94.1 Å². The fourth-order valence-electron chi connectivity index (χ4n) is 0.696. The van der Waals surface area contributed by atoms with Gasteiger partial charge in [-0.15, -0.1) is 0 Å². The maximum Gasteiger partial charge on any atom is 0.330 e. The van der Waals surface area contributed by atoms with Crippen LogP contribution in [0.2, 0.25) is 0 Å². The number of carbonyl (C=O) groups is 1. The average Bonchev–Trinajstić information content (AvgIpc) is 2.13. The van der Waals surface area contributed by atoms with Crippen molar-refractivity contribution in [3.63, 3.8) is 0 Å². The second-order valence-electron chi connectivity index (χ2n) is 2.08. The molecule has 0 spiro atoms. The second-order valence-corrected chi connectivity index (χ2v) is 2.08. The summed E-state index contributed by atoms with van der Waals surface area (Å²) in [4.78, 5) is 31.4. The third kappa shape index (κ3) is 2.26. The minimum Gasteiger partial charge on any atom is -0.466 e. The quantitative estimate of drug-likeness (QED) is 0.329. The molecule has 7 nitrogen and oxygen atoms in total. The monoisotopic (exact) mass is 184 g/mol. The lowest BCUT2D eigenvalue weighted by Gasteiger charge is -1.99. The molecule has 0 aliphatic carbocycles. The molecule has 13 heavy (non-hydrogen) atoms. The highest BCUT2D eigenvalue weighted by atomic mass is 16.5. The van der Waals surface area contributed by atoms with E-state index in [4.69, 9.17) is 0 Å². The number of hydrogen-bond donors (Lipinski definition) is 1. The first-order chi connectivity index (χ1) is 6.25. The van der Waals surface area contributed by atoms with Crippen LogP contribution in [0.1, 0.15) is 0 Å². The molecule has 0 saturated carbocycles. The number of hydrogen-bond acceptors (Lipinski definition) is 5. The van der Waals surface area contributed by atoms with Crippen LogP contribution in [0.5, 0.6) is 0 Å². The van der Waals surface area contributed by atoms with Crippen LogP contribution in [0.3, 0.4) is 0 Å². The van der Waals surface area contributed by atoms with E-state index in [0.29, 0.717) is 0 Å². The summed E-state index contributed by atoms with van der Waals surface area (Å²) in [6, 6.07) is 0. The Morgan fingerprint density at radius 2 is 2.38 bits per heavy atom. The molecule has 0 unspecified atom stereocenters. The fraction of sp³-hybridized carbons (Fsp3) is 0.333. The molecule has 0 fully saturated rings. The zero-order valence-corrected chi connectivity index (χ0v) is 6.52. The van der Waals surface area contributed by atoms with Gasteiger partial charge in [-0.2, -0.15) is 5.10 Å². The van der Waals surface area contributed by atoms with Crippen molar-refractivity contribution in [1.82, 2.24) is 14.8 Å². The molecule has 1 N–H and O–H groups in total. The predicted octanol–water partition coefficient (Wildman–Crippen LogP) is -2.10. The van der Waals surface area contributed by atoms with E-state index in [1.807, 2.05) is 5.10 Å². The van der Waals surface area contributed by atoms with E-state index in [0.717, 1.165) is 4.57 Å². The van der Waals surface area contributed by atoms with Crippen LogP contribution < -0.4 is 11.1 Å². The summed E-state index contributed by atoms with van der Waals surface area (Å²) in [7, 11) is 0. The Labute approximate surface area is 72.0 Å². The van der Waals surface area contributed by atoms with E-state index < -0.39 is 11.1 Å². The van der Waals surface area contributed by atoms with Crippen molar-refractivity contribution >= 4 is 6.47 Å². The van der Waals surface area contributed by atoms with E-state index >= 15 is 0 Å². The van der Waals surface area contributed by atoms with Crippen molar-refractivity contribution in [2.45, 2.75) is 6.54 Å². The van der Waals surface area contributed by atoms with E-state index in [2.05, 4.69) is 16.2 Å². The van der Waals surface area contributed by atoms with Crippen molar-refractivity contribution in [3.8, 4) is 0 Å². The van der Waals surface area contributed by atoms with Gasteiger partial charge in [0.25, 0.3) is 6.47 Å². The summed E-state index contributed by atoms with van der Waals surface area (Å²) in [5.41, 5.74) is -1.60. The van der Waals surface area contributed by atoms with Crippen LogP contribution >= 0.6 is 0 Å². The van der Waals surface area contributed by atoms with Crippen molar-refractivity contribution < 1.29 is 9.53 Å². The van der Waals surface area contributed by atoms with Crippen molar-refractivity contribution in [2.24, 2.45) is 0 Å². The molecule has 0 aliphatic rings. The summed E-state index contributed by atoms with van der Waals surface area (Å²) >= 11 is 0. The molecule has 0 bridgehead atoms. The number of H-pyrrole nitrogens is 1. The van der Waals surface area contributed by atoms with Gasteiger partial charge < -0.3 is 4.74 Å². The van der Waals surface area contributed by atoms with Gasteiger partial charge in [0.05, 0.1) is 6.54 Å². The van der Waals surface area contributed by atoms with Gasteiger partial charge in [0.1, 0.15) is 6.61 Å². The fourth-order valence-corrected chi connectivity index (χ4v) is 0.696. The van der Waals surface area contributed by atoms with E-state index in [9.17, 15) is 14.4 Å². The van der Waals surface area contributed by atoms with Crippen molar-refractivity contribution in [3.05, 3.63) is 27.0 Å². The Balaban J connectivity index is 2.78. The van der Waals surface area contributed by atoms with Crippen LogP contribution in [0.15, 0.2) is 9.59 Å². The molecule has 1 aromatic heterocycles. The van der Waals surface area contributed by atoms with Crippen LogP contribution in [-0.4, -0.2) is 27.8 Å². The van der Waals surface area contributed by atoms with Gasteiger partial charge in [-0.25, -0.2) is 5.10 Å². The van der Waals surface area contributed by atoms with Gasteiger partial charge in [-0.05, 0) is 0 Å². The molecule has 1 aromatic rings. The first kappa shape index (κ1) is 9.17. The Hall–Kier alpha value is -1.92. The summed E-state index contributed by atoms with van der Waals surface area (Å²) in [5.74, 6) is 0. The highest BCUT2D eigenvalue weighted by Gasteiger charge is 1.99. The molecule has 0 aromatic carbocycles. The van der Waals surface area contributed by atoms with Gasteiger partial charge in [0.15, 0.2) is 0 Å². The van der Waals surface area contributed by atoms with Gasteiger partial charge in [0.2, 0.25) is 6.33 Å². The third-order valence-corrected chi connectivity index (χ3v) is 1.27. The molecule has 0 saturated heterocycles. The Morgan fingerprint density at radius 3 is 3.08 bits per heavy atom. The number of ether oxygens (including phenoxy) is 1. The predicted molar refractivity (Wildman–Crippen MR) is 40.0 cm³/mol. The minimum atomic E-state index is -0.829. The van der Waals surface area contributed by atoms with Gasteiger partial charge in [0, 0.05) is 0 Å². The maximum atomic E-state index is 11.0. The van der Waals surface area contributed by atoms with Crippen LogP contribution in [0.4, 0.5) is 0 Å². The Morgan fingerprint density at radius 1 is 1.62 bits per heavy atom. The van der Waals surface area contributed by atoms with E-state index in [1.54, 1.807) is 0 Å². The second kappa shape index (κ2) is 4.19. The highest BCUT2D eigenvalue weighted by molar-refractivity contribution is 5.36. The summed E-state index contributed by atoms with van der Waals surface area (Å²) in [5, 5.41) is 5.21. The normalized spacial score (nSPS) is 9.54. The lowest BCUT2D eigenvalue weighted by molar-refractivity contribution is -0.128. The SMILES string of the molecule is O=COCCn1[c]n[nH]c(=O)c1=O. The molecule has 0 aliphatic heterocycles. The Bertz CT molecular complexity index is 393. The summed E-state index contributed by atoms with van der Waals surface area (Å²) < 4.78 is 5.26. The lowest BCUT2D eigenvalue weighted by atomic mass is 10.6. The molecule has 0 atom stereocenters. The maximum absolute atomic E-state index is 11.0. The number of rotatable bonds is 4. The number of aromatic nitrogens is 3. The number of nitrogens with one attached hydrogen (secondary N) is 1. The van der Waals surface area contributed by atoms with Gasteiger partial charge in [-0.3, -0.25) is 19.0 Å². The first-order valence-electron chi connectivity index (χ1n) is 3.38. The molecular weight excluding hydrogens is 178 g/mol. The summed E-state index contributed by atoms with van der Waals surface area (Å²) in [6.07, 6.45) is 2.24. The molecular formula is C6H6N3O4. The third-order valence-electron chi connectivity index (χ3n) is 1.27. The number of aromatic amines is 1. The zero-order valence-electron chi connectivity index (χ0n) is 6.52. The number of nitrogens with zero attached hydrogens (tertiary/aromatic N) is 2. The first-order valence-corrected chi connectivity index (χ1v) is 3.38. The van der Waals surface area contributed by atoms with Crippen LogP contribution in [0, 0.1) is 6.33 Å². The largest absolute Gasteiger partial charge is 0.466 e. The smallest absolute Gasteiger partial charge is 0.330 e.